The van der Waals surface area contributed by atoms with Crippen LogP contribution in [-0.2, 0) is 35.6 Å². The summed E-state index contributed by atoms with van der Waals surface area (Å²) in [5.41, 5.74) is 7.37. The molecule has 4 aromatic carbocycles. The predicted molar refractivity (Wildman–Crippen MR) is 334 cm³/mol. The number of fused-ring (bicyclic) bond motifs is 2. The molecule has 6 heterocycles. The Hall–Kier alpha value is -8.17. The van der Waals surface area contributed by atoms with Crippen molar-refractivity contribution in [1.29, 1.82) is 0 Å². The summed E-state index contributed by atoms with van der Waals surface area (Å²) < 4.78 is 48.0. The van der Waals surface area contributed by atoms with Crippen molar-refractivity contribution in [1.82, 2.24) is 34.7 Å². The molecule has 1 aliphatic carbocycles. The molecule has 460 valence electrons. The Morgan fingerprint density at radius 3 is 2.53 bits per heavy atom. The number of hydrogen-bond acceptors (Lipinski definition) is 16. The van der Waals surface area contributed by atoms with Crippen LogP contribution in [0, 0.1) is 33.3 Å². The number of hydrogen-bond donors (Lipinski definition) is 4. The topological polar surface area (TPSA) is 251 Å². The Kier molecular flexibility index (Phi) is 18.9. The molecule has 3 fully saturated rings. The first-order valence-corrected chi connectivity index (χ1v) is 31.7. The van der Waals surface area contributed by atoms with Gasteiger partial charge in [-0.1, -0.05) is 55.0 Å². The van der Waals surface area contributed by atoms with Gasteiger partial charge in [0, 0.05) is 111 Å². The number of amides is 4. The third-order valence-corrected chi connectivity index (χ3v) is 18.7. The van der Waals surface area contributed by atoms with E-state index in [9.17, 15) is 37.7 Å². The van der Waals surface area contributed by atoms with Crippen LogP contribution in [0.25, 0.3) is 16.6 Å². The summed E-state index contributed by atoms with van der Waals surface area (Å²) >= 11 is 6.27. The number of rotatable bonds is 21. The van der Waals surface area contributed by atoms with E-state index in [2.05, 4.69) is 77.8 Å². The summed E-state index contributed by atoms with van der Waals surface area (Å²) in [7, 11) is -4.64. The van der Waals surface area contributed by atoms with Crippen LogP contribution in [0.5, 0.6) is 11.5 Å². The van der Waals surface area contributed by atoms with Gasteiger partial charge in [-0.05, 0) is 140 Å². The second-order valence-corrected chi connectivity index (χ2v) is 26.0. The highest BCUT2D eigenvalue weighted by Crippen LogP contribution is 2.44. The molecule has 4 aliphatic heterocycles. The van der Waals surface area contributed by atoms with E-state index in [4.69, 9.17) is 25.8 Å². The Morgan fingerprint density at radius 2 is 1.73 bits per heavy atom. The lowest BCUT2D eigenvalue weighted by atomic mass is 9.72. The summed E-state index contributed by atoms with van der Waals surface area (Å²) in [5, 5.41) is 19.5. The van der Waals surface area contributed by atoms with Gasteiger partial charge in [0.15, 0.2) is 0 Å². The molecule has 4 N–H and O–H groups in total. The third-order valence-electron chi connectivity index (χ3n) is 17.1. The van der Waals surface area contributed by atoms with Gasteiger partial charge in [0.05, 0.1) is 41.4 Å². The number of halogens is 1. The molecule has 0 saturated carbocycles. The molecule has 88 heavy (non-hydrogen) atoms. The minimum Gasteiger partial charge on any atom is -0.455 e. The van der Waals surface area contributed by atoms with Crippen molar-refractivity contribution in [3.05, 3.63) is 152 Å². The van der Waals surface area contributed by atoms with Gasteiger partial charge in [-0.3, -0.25) is 39.5 Å². The molecule has 0 spiro atoms. The molecule has 11 rings (SSSR count). The number of piperazine rings is 1. The van der Waals surface area contributed by atoms with Gasteiger partial charge in [0.2, 0.25) is 11.8 Å². The highest BCUT2D eigenvalue weighted by molar-refractivity contribution is 7.90. The van der Waals surface area contributed by atoms with Gasteiger partial charge in [0.25, 0.3) is 27.5 Å². The standard InChI is InChI=1S/C65H71ClN10O11S/c1-65(2)21-19-47(55(37-65)45-8-10-49(66)11-9-45)41-73-24-26-74(27-25-73)50-12-15-54(59(35-50)87-51-34-46-20-22-67-61(46)69-39-51)62(78)71-88(83,84)52-13-16-56(58(36-52)76(81)82)68-38-44-5-3-23-72(40-44)28-30-86-32-31-85-29-4-6-43-7-14-53-48(33-43)42-75(64(53)80)57-17-18-60(77)70-63(57)79/h7-16,20,22,33-36,39,44,57,68H,3,5,17-19,21,23-32,37-38,40-42H2,1-2H3,(H,67,69)(H,71,78)(H,70,77,79). The van der Waals surface area contributed by atoms with Gasteiger partial charge in [0.1, 0.15) is 35.5 Å². The van der Waals surface area contributed by atoms with E-state index in [1.54, 1.807) is 36.5 Å². The van der Waals surface area contributed by atoms with Crippen molar-refractivity contribution in [2.75, 3.05) is 95.5 Å². The third kappa shape index (κ3) is 14.9. The molecule has 2 unspecified atom stereocenters. The normalized spacial score (nSPS) is 19.1. The van der Waals surface area contributed by atoms with E-state index in [-0.39, 0.29) is 59.7 Å². The number of allylic oxidation sites excluding steroid dienone is 1. The number of pyridine rings is 1. The van der Waals surface area contributed by atoms with Gasteiger partial charge < -0.3 is 39.2 Å². The van der Waals surface area contributed by atoms with Crippen LogP contribution in [0.15, 0.2) is 114 Å². The summed E-state index contributed by atoms with van der Waals surface area (Å²) in [4.78, 5) is 78.5. The lowest BCUT2D eigenvalue weighted by Crippen LogP contribution is -2.52. The van der Waals surface area contributed by atoms with Crippen molar-refractivity contribution in [2.45, 2.75) is 76.3 Å². The summed E-state index contributed by atoms with van der Waals surface area (Å²) in [6.45, 7) is 12.8. The fourth-order valence-electron chi connectivity index (χ4n) is 12.3. The van der Waals surface area contributed by atoms with Gasteiger partial charge >= 0.3 is 0 Å². The van der Waals surface area contributed by atoms with Crippen molar-refractivity contribution < 1.29 is 46.7 Å². The Morgan fingerprint density at radius 1 is 0.909 bits per heavy atom. The van der Waals surface area contributed by atoms with Crippen LogP contribution in [-0.4, -0.2) is 153 Å². The number of sulfonamides is 1. The number of aromatic amines is 1. The number of piperidine rings is 2. The number of carbonyl (C=O) groups excluding carboxylic acids is 4. The molecule has 23 heteroatoms. The number of imide groups is 1. The maximum absolute atomic E-state index is 14.2. The Labute approximate surface area is 516 Å². The number of nitrogens with one attached hydrogen (secondary N) is 4. The average Bonchev–Trinajstić information content (AvgIpc) is 2.02. The SMILES string of the molecule is CC1(C)CCC(CN2CCN(c3ccc(C(=O)NS(=O)(=O)c4ccc(NCC5CCCN(CCOCCOCC#Cc6ccc7c(c6)CN(C6CCC(=O)NC6=O)C7=O)C5)c([N+](=O)[O-])c4)c(Oc4cnc5[nH]ccc5c4)c3)CC2)=C(c2ccc(Cl)cc2)C1. The number of H-pyrrole nitrogens is 1. The first kappa shape index (κ1) is 61.5. The fourth-order valence-corrected chi connectivity index (χ4v) is 13.4. The van der Waals surface area contributed by atoms with Gasteiger partial charge in [-0.15, -0.1) is 0 Å². The van der Waals surface area contributed by atoms with Crippen LogP contribution < -0.4 is 25.0 Å². The smallest absolute Gasteiger partial charge is 0.293 e. The van der Waals surface area contributed by atoms with Crippen LogP contribution in [0.2, 0.25) is 5.02 Å². The Bertz CT molecular complexity index is 3850. The maximum atomic E-state index is 14.2. The predicted octanol–water partition coefficient (Wildman–Crippen LogP) is 8.79. The maximum Gasteiger partial charge on any atom is 0.293 e. The monoisotopic (exact) mass is 1230 g/mol. The van der Waals surface area contributed by atoms with Crippen LogP contribution in [0.4, 0.5) is 17.1 Å². The van der Waals surface area contributed by atoms with Crippen molar-refractivity contribution in [2.24, 2.45) is 11.3 Å². The zero-order chi connectivity index (χ0) is 61.5. The van der Waals surface area contributed by atoms with E-state index in [0.29, 0.717) is 74.4 Å². The molecule has 2 atom stereocenters. The van der Waals surface area contributed by atoms with Gasteiger partial charge in [-0.25, -0.2) is 18.1 Å². The number of aromatic nitrogens is 2. The van der Waals surface area contributed by atoms with Crippen molar-refractivity contribution in [3.63, 3.8) is 0 Å². The fraction of sp³-hybridized carbons (Fsp3) is 0.400. The largest absolute Gasteiger partial charge is 0.455 e. The van der Waals surface area contributed by atoms with E-state index < -0.39 is 43.4 Å². The quantitative estimate of drug-likeness (QED) is 0.0173. The molecule has 3 saturated heterocycles. The molecule has 6 aromatic rings. The molecule has 4 amide bonds. The lowest BCUT2D eigenvalue weighted by Gasteiger charge is -2.39. The zero-order valence-electron chi connectivity index (χ0n) is 49.3. The van der Waals surface area contributed by atoms with Crippen LogP contribution in [0.3, 0.4) is 0 Å². The molecule has 5 aliphatic rings. The summed E-state index contributed by atoms with van der Waals surface area (Å²) in [5.74, 6) is 4.65. The highest BCUT2D eigenvalue weighted by atomic mass is 35.5. The van der Waals surface area contributed by atoms with E-state index in [1.807, 2.05) is 24.3 Å². The second-order valence-electron chi connectivity index (χ2n) is 23.9. The first-order chi connectivity index (χ1) is 42.4. The molecular weight excluding hydrogens is 1160 g/mol. The second kappa shape index (κ2) is 27.1. The molecule has 0 bridgehead atoms. The number of anilines is 2. The average molecular weight is 1240 g/mol. The van der Waals surface area contributed by atoms with Crippen molar-refractivity contribution in [3.8, 4) is 23.3 Å². The number of ether oxygens (including phenoxy) is 3. The molecular formula is C65H71ClN10O11S. The minimum atomic E-state index is -4.64. The number of carbonyl (C=O) groups is 4. The first-order valence-electron chi connectivity index (χ1n) is 29.8. The van der Waals surface area contributed by atoms with Crippen LogP contribution in [0.1, 0.15) is 96.2 Å². The molecule has 21 nitrogen and oxygen atoms in total. The minimum absolute atomic E-state index is 0.0613. The van der Waals surface area contributed by atoms with E-state index in [1.165, 1.54) is 46.0 Å². The number of nitro benzene ring substituents is 1. The lowest BCUT2D eigenvalue weighted by molar-refractivity contribution is -0.384. The van der Waals surface area contributed by atoms with Gasteiger partial charge in [-0.2, -0.15) is 0 Å². The summed E-state index contributed by atoms with van der Waals surface area (Å²) in [6.07, 6.45) is 8.72. The van der Waals surface area contributed by atoms with Crippen LogP contribution >= 0.6 is 11.6 Å². The zero-order valence-corrected chi connectivity index (χ0v) is 50.9. The number of nitrogens with zero attached hydrogens (tertiary/aromatic N) is 6. The van der Waals surface area contributed by atoms with E-state index in [0.717, 1.165) is 93.1 Å². The summed E-state index contributed by atoms with van der Waals surface area (Å²) in [6, 6.07) is 25.0. The number of benzene rings is 4. The number of nitro groups is 1. The van der Waals surface area contributed by atoms with E-state index >= 15 is 0 Å². The Balaban J connectivity index is 0.657. The molecule has 2 aromatic heterocycles. The number of likely N-dealkylation sites (tertiary alicyclic amines) is 1. The highest BCUT2D eigenvalue weighted by Gasteiger charge is 2.39. The molecule has 0 radical (unpaired) electrons. The van der Waals surface area contributed by atoms with Crippen molar-refractivity contribution >= 4 is 78.9 Å².